The van der Waals surface area contributed by atoms with E-state index in [-0.39, 0.29) is 38.1 Å². The molecule has 0 fully saturated rings. The van der Waals surface area contributed by atoms with E-state index in [1.807, 2.05) is 24.3 Å². The molecule has 0 spiro atoms. The molecule has 0 aliphatic rings. The van der Waals surface area contributed by atoms with Crippen LogP contribution in [0.4, 0.5) is 0 Å². The molecule has 2 aromatic carbocycles. The molecule has 2 amide bonds. The third-order valence-electron chi connectivity index (χ3n) is 5.32. The highest BCUT2D eigenvalue weighted by Crippen LogP contribution is 2.24. The number of halogens is 1. The van der Waals surface area contributed by atoms with Gasteiger partial charge in [-0.2, -0.15) is 0 Å². The Morgan fingerprint density at radius 3 is 2.68 bits per heavy atom. The summed E-state index contributed by atoms with van der Waals surface area (Å²) in [5, 5.41) is 11.6. The van der Waals surface area contributed by atoms with Crippen molar-refractivity contribution in [3.05, 3.63) is 83.3 Å². The van der Waals surface area contributed by atoms with E-state index in [0.717, 1.165) is 5.52 Å². The molecule has 4 rings (SSSR count). The molecule has 0 saturated carbocycles. The van der Waals surface area contributed by atoms with Crippen molar-refractivity contribution in [1.82, 2.24) is 25.2 Å². The number of amides is 2. The number of benzene rings is 2. The number of nitrogens with zero attached hydrogens (tertiary/aromatic N) is 4. The first kappa shape index (κ1) is 23.5. The van der Waals surface area contributed by atoms with E-state index in [9.17, 15) is 9.59 Å². The van der Waals surface area contributed by atoms with Gasteiger partial charge in [0, 0.05) is 18.7 Å². The molecular weight excluding hydrogens is 458 g/mol. The molecule has 1 N–H and O–H groups in total. The quantitative estimate of drug-likeness (QED) is 0.373. The van der Waals surface area contributed by atoms with E-state index in [1.165, 1.54) is 15.8 Å². The summed E-state index contributed by atoms with van der Waals surface area (Å²) in [4.78, 5) is 28.4. The van der Waals surface area contributed by atoms with Crippen molar-refractivity contribution in [3.8, 4) is 0 Å². The predicted octanol–water partition coefficient (Wildman–Crippen LogP) is 3.21. The van der Waals surface area contributed by atoms with Crippen LogP contribution in [0.3, 0.4) is 0 Å². The largest absolute Gasteiger partial charge is 0.467 e. The highest BCUT2D eigenvalue weighted by Gasteiger charge is 2.31. The van der Waals surface area contributed by atoms with Crippen molar-refractivity contribution < 1.29 is 18.7 Å². The van der Waals surface area contributed by atoms with E-state index in [1.54, 1.807) is 43.5 Å². The minimum Gasteiger partial charge on any atom is -0.467 e. The van der Waals surface area contributed by atoms with Gasteiger partial charge in [0.15, 0.2) is 0 Å². The molecule has 0 aliphatic carbocycles. The number of furan rings is 1. The average molecular weight is 482 g/mol. The zero-order chi connectivity index (χ0) is 23.9. The van der Waals surface area contributed by atoms with Crippen molar-refractivity contribution in [2.75, 3.05) is 20.3 Å². The smallest absolute Gasteiger partial charge is 0.247 e. The Balaban J connectivity index is 1.63. The van der Waals surface area contributed by atoms with Gasteiger partial charge in [-0.1, -0.05) is 41.1 Å². The van der Waals surface area contributed by atoms with Crippen LogP contribution in [0.15, 0.2) is 71.3 Å². The SMILES string of the molecule is COCCN(C(=O)Cn1nnc2ccccc21)C(C(=O)NCc1ccco1)c1ccc(Cl)cc1. The van der Waals surface area contributed by atoms with Gasteiger partial charge in [-0.15, -0.1) is 5.10 Å². The normalized spacial score (nSPS) is 11.9. The first-order chi connectivity index (χ1) is 16.6. The third kappa shape index (κ3) is 5.44. The lowest BCUT2D eigenvalue weighted by Gasteiger charge is -2.31. The Morgan fingerprint density at radius 2 is 1.94 bits per heavy atom. The Bertz CT molecular complexity index is 1240. The highest BCUT2D eigenvalue weighted by molar-refractivity contribution is 6.30. The van der Waals surface area contributed by atoms with Gasteiger partial charge in [0.1, 0.15) is 23.9 Å². The Hall–Kier alpha value is -3.69. The van der Waals surface area contributed by atoms with Crippen LogP contribution in [0.5, 0.6) is 0 Å². The molecule has 4 aromatic rings. The van der Waals surface area contributed by atoms with Gasteiger partial charge < -0.3 is 19.4 Å². The molecule has 0 radical (unpaired) electrons. The number of hydrogen-bond acceptors (Lipinski definition) is 6. The molecule has 34 heavy (non-hydrogen) atoms. The van der Waals surface area contributed by atoms with Crippen LogP contribution >= 0.6 is 11.6 Å². The lowest BCUT2D eigenvalue weighted by atomic mass is 10.0. The standard InChI is InChI=1S/C24H24ClN5O4/c1-33-14-12-29(22(31)16-30-21-7-3-2-6-20(21)27-28-30)23(17-8-10-18(25)11-9-17)24(32)26-15-19-5-4-13-34-19/h2-11,13,23H,12,14-16H2,1H3,(H,26,32). The Labute approximate surface area is 201 Å². The van der Waals surface area contributed by atoms with Crippen LogP contribution in [0.1, 0.15) is 17.4 Å². The summed E-state index contributed by atoms with van der Waals surface area (Å²) < 4.78 is 12.1. The van der Waals surface area contributed by atoms with Crippen molar-refractivity contribution in [1.29, 1.82) is 0 Å². The van der Waals surface area contributed by atoms with E-state index in [4.69, 9.17) is 20.8 Å². The van der Waals surface area contributed by atoms with E-state index in [2.05, 4.69) is 15.6 Å². The number of aromatic nitrogens is 3. The number of fused-ring (bicyclic) bond motifs is 1. The maximum atomic E-state index is 13.5. The second-order valence-electron chi connectivity index (χ2n) is 7.57. The lowest BCUT2D eigenvalue weighted by Crippen LogP contribution is -2.46. The molecule has 1 unspecified atom stereocenters. The molecule has 2 heterocycles. The maximum absolute atomic E-state index is 13.5. The van der Waals surface area contributed by atoms with Gasteiger partial charge in [0.25, 0.3) is 0 Å². The second kappa shape index (κ2) is 11.0. The molecule has 9 nitrogen and oxygen atoms in total. The topological polar surface area (TPSA) is 102 Å². The first-order valence-corrected chi connectivity index (χ1v) is 11.1. The summed E-state index contributed by atoms with van der Waals surface area (Å²) in [5.74, 6) is -0.0560. The fraction of sp³-hybridized carbons (Fsp3) is 0.250. The monoisotopic (exact) mass is 481 g/mol. The molecule has 0 saturated heterocycles. The molecule has 10 heteroatoms. The summed E-state index contributed by atoms with van der Waals surface area (Å²) in [6.07, 6.45) is 1.54. The van der Waals surface area contributed by atoms with Crippen LogP contribution in [-0.4, -0.2) is 52.0 Å². The van der Waals surface area contributed by atoms with E-state index in [0.29, 0.717) is 21.9 Å². The summed E-state index contributed by atoms with van der Waals surface area (Å²) in [7, 11) is 1.54. The minimum absolute atomic E-state index is 0.0836. The number of nitrogens with one attached hydrogen (secondary N) is 1. The number of carbonyl (C=O) groups excluding carboxylic acids is 2. The third-order valence-corrected chi connectivity index (χ3v) is 5.58. The van der Waals surface area contributed by atoms with Crippen LogP contribution in [0.25, 0.3) is 11.0 Å². The number of carbonyl (C=O) groups is 2. The van der Waals surface area contributed by atoms with Gasteiger partial charge in [-0.3, -0.25) is 9.59 Å². The van der Waals surface area contributed by atoms with Gasteiger partial charge >= 0.3 is 0 Å². The van der Waals surface area contributed by atoms with Crippen molar-refractivity contribution in [2.45, 2.75) is 19.1 Å². The number of hydrogen-bond donors (Lipinski definition) is 1. The Morgan fingerprint density at radius 1 is 1.15 bits per heavy atom. The predicted molar refractivity (Wildman–Crippen MR) is 126 cm³/mol. The van der Waals surface area contributed by atoms with E-state index < -0.39 is 6.04 Å². The van der Waals surface area contributed by atoms with Crippen LogP contribution in [-0.2, 0) is 27.4 Å². The van der Waals surface area contributed by atoms with E-state index >= 15 is 0 Å². The van der Waals surface area contributed by atoms with Crippen molar-refractivity contribution >= 4 is 34.4 Å². The summed E-state index contributed by atoms with van der Waals surface area (Å²) >= 11 is 6.07. The molecule has 176 valence electrons. The maximum Gasteiger partial charge on any atom is 0.247 e. The highest BCUT2D eigenvalue weighted by atomic mass is 35.5. The zero-order valence-corrected chi connectivity index (χ0v) is 19.3. The summed E-state index contributed by atoms with van der Waals surface area (Å²) in [6.45, 7) is 0.554. The zero-order valence-electron chi connectivity index (χ0n) is 18.6. The van der Waals surface area contributed by atoms with Crippen LogP contribution in [0.2, 0.25) is 5.02 Å². The average Bonchev–Trinajstić information content (AvgIpc) is 3.51. The number of ether oxygens (including phenoxy) is 1. The molecule has 1 atom stereocenters. The minimum atomic E-state index is -0.912. The molecular formula is C24H24ClN5O4. The molecule has 0 aliphatic heterocycles. The first-order valence-electron chi connectivity index (χ1n) is 10.7. The Kier molecular flexibility index (Phi) is 7.56. The van der Waals surface area contributed by atoms with Gasteiger partial charge in [0.2, 0.25) is 11.8 Å². The fourth-order valence-corrected chi connectivity index (χ4v) is 3.77. The number of methoxy groups -OCH3 is 1. The van der Waals surface area contributed by atoms with Gasteiger partial charge in [-0.05, 0) is 42.0 Å². The number of para-hydroxylation sites is 1. The van der Waals surface area contributed by atoms with Crippen molar-refractivity contribution in [3.63, 3.8) is 0 Å². The number of rotatable bonds is 10. The summed E-state index contributed by atoms with van der Waals surface area (Å²) in [6, 6.07) is 16.8. The van der Waals surface area contributed by atoms with Crippen molar-refractivity contribution in [2.24, 2.45) is 0 Å². The second-order valence-corrected chi connectivity index (χ2v) is 8.00. The fourth-order valence-electron chi connectivity index (χ4n) is 3.64. The van der Waals surface area contributed by atoms with Crippen LogP contribution < -0.4 is 5.32 Å². The molecule has 0 bridgehead atoms. The van der Waals surface area contributed by atoms with Crippen LogP contribution in [0, 0.1) is 0 Å². The lowest BCUT2D eigenvalue weighted by molar-refractivity contribution is -0.142. The van der Waals surface area contributed by atoms with Gasteiger partial charge in [0.05, 0.1) is 24.9 Å². The van der Waals surface area contributed by atoms with Gasteiger partial charge in [-0.25, -0.2) is 4.68 Å². The summed E-state index contributed by atoms with van der Waals surface area (Å²) in [5.41, 5.74) is 2.03. The molecule has 2 aromatic heterocycles.